The van der Waals surface area contributed by atoms with Crippen molar-refractivity contribution in [3.05, 3.63) is 29.8 Å². The second-order valence-corrected chi connectivity index (χ2v) is 3.13. The highest BCUT2D eigenvalue weighted by molar-refractivity contribution is 5.96. The van der Waals surface area contributed by atoms with Gasteiger partial charge in [0.25, 0.3) is 5.91 Å². The zero-order valence-electron chi connectivity index (χ0n) is 8.87. The van der Waals surface area contributed by atoms with E-state index >= 15 is 0 Å². The topological polar surface area (TPSA) is 38.3 Å². The van der Waals surface area contributed by atoms with Crippen molar-refractivity contribution in [1.29, 1.82) is 0 Å². The number of carbonyl (C=O) groups is 1. The van der Waals surface area contributed by atoms with Crippen LogP contribution in [0.4, 0.5) is 8.78 Å². The Morgan fingerprint density at radius 3 is 2.75 bits per heavy atom. The summed E-state index contributed by atoms with van der Waals surface area (Å²) in [5, 5.41) is 2.60. The van der Waals surface area contributed by atoms with E-state index in [2.05, 4.69) is 10.1 Å². The van der Waals surface area contributed by atoms with Crippen LogP contribution in [-0.4, -0.2) is 19.1 Å². The Morgan fingerprint density at radius 2 is 2.12 bits per heavy atom. The van der Waals surface area contributed by atoms with Gasteiger partial charge in [-0.2, -0.15) is 8.78 Å². The van der Waals surface area contributed by atoms with Gasteiger partial charge >= 0.3 is 6.61 Å². The molecule has 0 saturated carbocycles. The van der Waals surface area contributed by atoms with Gasteiger partial charge in [0, 0.05) is 6.54 Å². The number of ether oxygens (including phenoxy) is 1. The van der Waals surface area contributed by atoms with E-state index in [-0.39, 0.29) is 11.3 Å². The first-order valence-corrected chi connectivity index (χ1v) is 4.97. The summed E-state index contributed by atoms with van der Waals surface area (Å²) in [4.78, 5) is 11.6. The first kappa shape index (κ1) is 12.4. The Kier molecular flexibility index (Phi) is 4.69. The molecule has 16 heavy (non-hydrogen) atoms. The molecule has 0 radical (unpaired) electrons. The number of alkyl halides is 2. The van der Waals surface area contributed by atoms with Crippen molar-refractivity contribution >= 4 is 5.91 Å². The van der Waals surface area contributed by atoms with Crippen molar-refractivity contribution in [2.24, 2.45) is 0 Å². The fourth-order valence-corrected chi connectivity index (χ4v) is 1.19. The van der Waals surface area contributed by atoms with Crippen LogP contribution in [0, 0.1) is 0 Å². The van der Waals surface area contributed by atoms with E-state index in [1.54, 1.807) is 6.07 Å². The number of hydrogen-bond donors (Lipinski definition) is 1. The first-order valence-electron chi connectivity index (χ1n) is 4.97. The van der Waals surface area contributed by atoms with Crippen LogP contribution in [0.2, 0.25) is 0 Å². The number of rotatable bonds is 5. The highest BCUT2D eigenvalue weighted by Crippen LogP contribution is 2.19. The van der Waals surface area contributed by atoms with Crippen LogP contribution >= 0.6 is 0 Å². The Balaban J connectivity index is 2.81. The third-order valence-electron chi connectivity index (χ3n) is 1.88. The lowest BCUT2D eigenvalue weighted by molar-refractivity contribution is -0.0501. The van der Waals surface area contributed by atoms with E-state index in [9.17, 15) is 13.6 Å². The van der Waals surface area contributed by atoms with E-state index in [1.807, 2.05) is 6.92 Å². The molecule has 3 nitrogen and oxygen atoms in total. The van der Waals surface area contributed by atoms with Crippen LogP contribution < -0.4 is 10.1 Å². The first-order chi connectivity index (χ1) is 7.65. The molecule has 0 fully saturated rings. The van der Waals surface area contributed by atoms with E-state index in [0.717, 1.165) is 6.42 Å². The summed E-state index contributed by atoms with van der Waals surface area (Å²) >= 11 is 0. The van der Waals surface area contributed by atoms with Gasteiger partial charge in [-0.15, -0.1) is 0 Å². The molecule has 0 unspecified atom stereocenters. The second kappa shape index (κ2) is 6.05. The lowest BCUT2D eigenvalue weighted by Crippen LogP contribution is -2.24. The molecular weight excluding hydrogens is 216 g/mol. The Hall–Kier alpha value is -1.65. The minimum absolute atomic E-state index is 0.105. The van der Waals surface area contributed by atoms with E-state index in [0.29, 0.717) is 6.54 Å². The van der Waals surface area contributed by atoms with Crippen molar-refractivity contribution in [3.8, 4) is 5.75 Å². The summed E-state index contributed by atoms with van der Waals surface area (Å²) in [6.45, 7) is -0.524. The molecule has 0 heterocycles. The molecule has 0 atom stereocenters. The molecule has 1 aromatic rings. The minimum Gasteiger partial charge on any atom is -0.434 e. The number of amides is 1. The predicted molar refractivity (Wildman–Crippen MR) is 55.7 cm³/mol. The number of hydrogen-bond acceptors (Lipinski definition) is 2. The molecule has 0 aromatic heterocycles. The van der Waals surface area contributed by atoms with Crippen molar-refractivity contribution in [1.82, 2.24) is 5.32 Å². The Bertz CT molecular complexity index is 356. The SMILES string of the molecule is CCCNC(=O)c1ccccc1OC(F)F. The average molecular weight is 229 g/mol. The molecule has 1 N–H and O–H groups in total. The maximum Gasteiger partial charge on any atom is 0.387 e. The molecule has 0 aliphatic carbocycles. The predicted octanol–water partition coefficient (Wildman–Crippen LogP) is 2.43. The minimum atomic E-state index is -2.93. The van der Waals surface area contributed by atoms with Crippen molar-refractivity contribution in [2.45, 2.75) is 20.0 Å². The summed E-state index contributed by atoms with van der Waals surface area (Å²) in [7, 11) is 0. The summed E-state index contributed by atoms with van der Waals surface area (Å²) < 4.78 is 28.4. The lowest BCUT2D eigenvalue weighted by Gasteiger charge is -2.10. The Morgan fingerprint density at radius 1 is 1.44 bits per heavy atom. The second-order valence-electron chi connectivity index (χ2n) is 3.13. The van der Waals surface area contributed by atoms with Crippen LogP contribution in [0.15, 0.2) is 24.3 Å². The van der Waals surface area contributed by atoms with Gasteiger partial charge in [0.2, 0.25) is 0 Å². The maximum absolute atomic E-state index is 12.1. The van der Waals surface area contributed by atoms with Crippen molar-refractivity contribution in [3.63, 3.8) is 0 Å². The zero-order valence-corrected chi connectivity index (χ0v) is 8.87. The Labute approximate surface area is 92.4 Å². The summed E-state index contributed by atoms with van der Waals surface area (Å²) in [6.07, 6.45) is 0.781. The molecule has 0 saturated heterocycles. The van der Waals surface area contributed by atoms with E-state index in [4.69, 9.17) is 0 Å². The molecule has 0 aliphatic heterocycles. The molecule has 0 aliphatic rings. The molecule has 88 valence electrons. The van der Waals surface area contributed by atoms with Gasteiger partial charge in [-0.05, 0) is 18.6 Å². The van der Waals surface area contributed by atoms with Gasteiger partial charge in [0.1, 0.15) is 5.75 Å². The molecule has 1 rings (SSSR count). The van der Waals surface area contributed by atoms with Crippen LogP contribution in [0.1, 0.15) is 23.7 Å². The number of halogens is 2. The van der Waals surface area contributed by atoms with Gasteiger partial charge in [-0.25, -0.2) is 0 Å². The molecule has 0 spiro atoms. The third kappa shape index (κ3) is 3.49. The lowest BCUT2D eigenvalue weighted by atomic mass is 10.2. The maximum atomic E-state index is 12.1. The van der Waals surface area contributed by atoms with Gasteiger partial charge in [-0.3, -0.25) is 4.79 Å². The van der Waals surface area contributed by atoms with Crippen LogP contribution in [0.5, 0.6) is 5.75 Å². The molecule has 5 heteroatoms. The van der Waals surface area contributed by atoms with Gasteiger partial charge in [-0.1, -0.05) is 19.1 Å². The molecule has 1 amide bonds. The fraction of sp³-hybridized carbons (Fsp3) is 0.364. The summed E-state index contributed by atoms with van der Waals surface area (Å²) in [6, 6.07) is 5.92. The zero-order chi connectivity index (χ0) is 12.0. The average Bonchev–Trinajstić information content (AvgIpc) is 2.26. The molecule has 0 bridgehead atoms. The highest BCUT2D eigenvalue weighted by Gasteiger charge is 2.14. The fourth-order valence-electron chi connectivity index (χ4n) is 1.19. The van der Waals surface area contributed by atoms with Gasteiger partial charge in [0.15, 0.2) is 0 Å². The van der Waals surface area contributed by atoms with Crippen LogP contribution in [-0.2, 0) is 0 Å². The van der Waals surface area contributed by atoms with Crippen molar-refractivity contribution < 1.29 is 18.3 Å². The number of carbonyl (C=O) groups excluding carboxylic acids is 1. The van der Waals surface area contributed by atoms with E-state index in [1.165, 1.54) is 18.2 Å². The number of benzene rings is 1. The standard InChI is InChI=1S/C11H13F2NO2/c1-2-7-14-10(15)8-5-3-4-6-9(8)16-11(12)13/h3-6,11H,2,7H2,1H3,(H,14,15). The van der Waals surface area contributed by atoms with Crippen molar-refractivity contribution in [2.75, 3.05) is 6.54 Å². The number of nitrogens with one attached hydrogen (secondary N) is 1. The monoisotopic (exact) mass is 229 g/mol. The normalized spacial score (nSPS) is 10.2. The quantitative estimate of drug-likeness (QED) is 0.842. The summed E-state index contributed by atoms with van der Waals surface area (Å²) in [5.41, 5.74) is 0.122. The van der Waals surface area contributed by atoms with Gasteiger partial charge < -0.3 is 10.1 Å². The van der Waals surface area contributed by atoms with Crippen LogP contribution in [0.25, 0.3) is 0 Å². The number of para-hydroxylation sites is 1. The highest BCUT2D eigenvalue weighted by atomic mass is 19.3. The largest absolute Gasteiger partial charge is 0.434 e. The smallest absolute Gasteiger partial charge is 0.387 e. The van der Waals surface area contributed by atoms with Gasteiger partial charge in [0.05, 0.1) is 5.56 Å². The summed E-state index contributed by atoms with van der Waals surface area (Å²) in [5.74, 6) is -0.510. The molecule has 1 aromatic carbocycles. The van der Waals surface area contributed by atoms with E-state index < -0.39 is 12.5 Å². The van der Waals surface area contributed by atoms with Crippen LogP contribution in [0.3, 0.4) is 0 Å². The molecular formula is C11H13F2NO2. The third-order valence-corrected chi connectivity index (χ3v) is 1.88.